The van der Waals surface area contributed by atoms with E-state index in [0.29, 0.717) is 30.9 Å². The average Bonchev–Trinajstić information content (AvgIpc) is 3.06. The first-order chi connectivity index (χ1) is 13.1. The highest BCUT2D eigenvalue weighted by Crippen LogP contribution is 2.44. The van der Waals surface area contributed by atoms with Crippen molar-refractivity contribution in [2.75, 3.05) is 20.8 Å². The maximum atomic E-state index is 9.82. The molecule has 3 rings (SSSR count). The van der Waals surface area contributed by atoms with Crippen LogP contribution in [-0.2, 0) is 11.2 Å². The Kier molecular flexibility index (Phi) is 5.72. The zero-order valence-corrected chi connectivity index (χ0v) is 15.4. The molecule has 1 heterocycles. The number of aromatic hydroxyl groups is 2. The van der Waals surface area contributed by atoms with Gasteiger partial charge in [0.2, 0.25) is 0 Å². The van der Waals surface area contributed by atoms with Crippen molar-refractivity contribution >= 4 is 0 Å². The lowest BCUT2D eigenvalue weighted by Gasteiger charge is -2.21. The van der Waals surface area contributed by atoms with Crippen molar-refractivity contribution in [2.45, 2.75) is 18.9 Å². The van der Waals surface area contributed by atoms with Gasteiger partial charge in [-0.15, -0.1) is 0 Å². The summed E-state index contributed by atoms with van der Waals surface area (Å²) in [4.78, 5) is 0. The Balaban J connectivity index is 1.83. The van der Waals surface area contributed by atoms with Crippen LogP contribution in [0.4, 0.5) is 0 Å². The van der Waals surface area contributed by atoms with E-state index in [-0.39, 0.29) is 29.4 Å². The molecule has 3 atom stereocenters. The predicted octanol–water partition coefficient (Wildman–Crippen LogP) is 3.58. The van der Waals surface area contributed by atoms with Gasteiger partial charge in [-0.25, -0.2) is 0 Å². The van der Waals surface area contributed by atoms with Gasteiger partial charge >= 0.3 is 0 Å². The highest BCUT2D eigenvalue weighted by molar-refractivity contribution is 5.43. The van der Waals surface area contributed by atoms with E-state index in [9.17, 15) is 15.5 Å². The Morgan fingerprint density at radius 3 is 2.41 bits per heavy atom. The van der Waals surface area contributed by atoms with Crippen LogP contribution in [0.3, 0.4) is 0 Å². The van der Waals surface area contributed by atoms with Crippen molar-refractivity contribution in [1.82, 2.24) is 0 Å². The summed E-state index contributed by atoms with van der Waals surface area (Å²) in [7, 11) is 3.02. The van der Waals surface area contributed by atoms with Gasteiger partial charge in [0.25, 0.3) is 0 Å². The summed E-state index contributed by atoms with van der Waals surface area (Å²) in [6.07, 6.45) is 0.853. The largest absolute Gasteiger partial charge is 0.504 e. The summed E-state index contributed by atoms with van der Waals surface area (Å²) in [6.45, 7) is 0.531. The number of hydrogen-bond acceptors (Lipinski definition) is 6. The fourth-order valence-electron chi connectivity index (χ4n) is 3.68. The molecule has 0 saturated carbocycles. The van der Waals surface area contributed by atoms with Crippen LogP contribution in [0.1, 0.15) is 23.7 Å². The second-order valence-electron chi connectivity index (χ2n) is 6.68. The Morgan fingerprint density at radius 1 is 1.07 bits per heavy atom. The van der Waals surface area contributed by atoms with Gasteiger partial charge in [-0.1, -0.05) is 12.1 Å². The number of benzene rings is 2. The van der Waals surface area contributed by atoms with Crippen LogP contribution >= 0.6 is 0 Å². The molecule has 1 fully saturated rings. The summed E-state index contributed by atoms with van der Waals surface area (Å²) >= 11 is 0. The Bertz CT molecular complexity index is 845. The molecular weight excluding hydrogens is 346 g/mol. The first-order valence-electron chi connectivity index (χ1n) is 8.78. The van der Waals surface area contributed by atoms with Crippen molar-refractivity contribution in [3.05, 3.63) is 47.5 Å². The second kappa shape index (κ2) is 8.19. The van der Waals surface area contributed by atoms with Gasteiger partial charge in [-0.2, -0.15) is 5.26 Å². The van der Waals surface area contributed by atoms with E-state index < -0.39 is 0 Å². The molecule has 1 saturated heterocycles. The number of nitrogens with zero attached hydrogens (tertiary/aromatic N) is 1. The number of methoxy groups -OCH3 is 2. The van der Waals surface area contributed by atoms with E-state index in [4.69, 9.17) is 14.2 Å². The van der Waals surface area contributed by atoms with Gasteiger partial charge < -0.3 is 24.4 Å². The monoisotopic (exact) mass is 369 g/mol. The summed E-state index contributed by atoms with van der Waals surface area (Å²) in [5, 5.41) is 28.9. The zero-order chi connectivity index (χ0) is 19.4. The maximum Gasteiger partial charge on any atom is 0.160 e. The van der Waals surface area contributed by atoms with E-state index >= 15 is 0 Å². The third-order valence-corrected chi connectivity index (χ3v) is 5.09. The molecule has 1 aliphatic heterocycles. The number of phenolic OH excluding ortho intramolecular Hbond substituents is 2. The minimum atomic E-state index is -0.233. The normalized spacial score (nSPS) is 21.6. The molecule has 2 N–H and O–H groups in total. The second-order valence-corrected chi connectivity index (χ2v) is 6.68. The van der Waals surface area contributed by atoms with Gasteiger partial charge in [-0.05, 0) is 47.7 Å². The number of nitriles is 1. The lowest BCUT2D eigenvalue weighted by Crippen LogP contribution is -2.17. The topological polar surface area (TPSA) is 91.9 Å². The molecule has 0 amide bonds. The molecule has 142 valence electrons. The average molecular weight is 369 g/mol. The summed E-state index contributed by atoms with van der Waals surface area (Å²) in [5.41, 5.74) is 1.90. The minimum absolute atomic E-state index is 0.0176. The third-order valence-electron chi connectivity index (χ3n) is 5.09. The zero-order valence-electron chi connectivity index (χ0n) is 15.4. The smallest absolute Gasteiger partial charge is 0.160 e. The van der Waals surface area contributed by atoms with Crippen molar-refractivity contribution in [3.63, 3.8) is 0 Å². The number of hydrogen-bond donors (Lipinski definition) is 2. The molecule has 27 heavy (non-hydrogen) atoms. The van der Waals surface area contributed by atoms with Crippen molar-refractivity contribution in [3.8, 4) is 29.1 Å². The molecule has 0 bridgehead atoms. The van der Waals surface area contributed by atoms with Gasteiger partial charge in [-0.3, -0.25) is 0 Å². The standard InChI is InChI=1S/C21H23NO5/c1-25-19-10-13(3-5-17(19)23)9-15-12-27-21(16(15)7-8-22)14-4-6-18(24)20(11-14)26-2/h3-6,10-11,15-16,21,23-24H,7,9,12H2,1-2H3/t15-,16-,21+/m1/s1. The van der Waals surface area contributed by atoms with E-state index in [2.05, 4.69) is 6.07 Å². The van der Waals surface area contributed by atoms with Crippen LogP contribution in [0.2, 0.25) is 0 Å². The van der Waals surface area contributed by atoms with E-state index in [1.165, 1.54) is 14.2 Å². The lowest BCUT2D eigenvalue weighted by molar-refractivity contribution is 0.0907. The first kappa shape index (κ1) is 18.9. The number of ether oxygens (including phenoxy) is 3. The fourth-order valence-corrected chi connectivity index (χ4v) is 3.68. The molecule has 0 spiro atoms. The summed E-state index contributed by atoms with van der Waals surface area (Å²) in [6, 6.07) is 12.7. The Labute approximate surface area is 158 Å². The Morgan fingerprint density at radius 2 is 1.74 bits per heavy atom. The molecule has 0 aromatic heterocycles. The van der Waals surface area contributed by atoms with E-state index in [0.717, 1.165) is 11.1 Å². The molecule has 2 aromatic rings. The molecule has 2 aromatic carbocycles. The fraction of sp³-hybridized carbons (Fsp3) is 0.381. The molecular formula is C21H23NO5. The highest BCUT2D eigenvalue weighted by atomic mass is 16.5. The van der Waals surface area contributed by atoms with Crippen LogP contribution < -0.4 is 9.47 Å². The Hall–Kier alpha value is -2.91. The molecule has 1 aliphatic rings. The van der Waals surface area contributed by atoms with Crippen LogP contribution in [0, 0.1) is 23.2 Å². The maximum absolute atomic E-state index is 9.82. The van der Waals surface area contributed by atoms with Crippen LogP contribution in [0.5, 0.6) is 23.0 Å². The van der Waals surface area contributed by atoms with Crippen molar-refractivity contribution in [1.29, 1.82) is 5.26 Å². The van der Waals surface area contributed by atoms with E-state index in [1.54, 1.807) is 24.3 Å². The quantitative estimate of drug-likeness (QED) is 0.809. The predicted molar refractivity (Wildman–Crippen MR) is 98.9 cm³/mol. The van der Waals surface area contributed by atoms with Crippen LogP contribution in [0.25, 0.3) is 0 Å². The molecule has 0 radical (unpaired) electrons. The van der Waals surface area contributed by atoms with Gasteiger partial charge in [0.05, 0.1) is 33.0 Å². The highest BCUT2D eigenvalue weighted by Gasteiger charge is 2.38. The number of rotatable bonds is 6. The SMILES string of the molecule is COc1cc(C[C@@H]2CO[C@@H](c3ccc(O)c(OC)c3)[C@@H]2CC#N)ccc1O. The summed E-state index contributed by atoms with van der Waals surface area (Å²) in [5.74, 6) is 1.17. The van der Waals surface area contributed by atoms with E-state index in [1.807, 2.05) is 12.1 Å². The number of phenols is 2. The minimum Gasteiger partial charge on any atom is -0.504 e. The van der Waals surface area contributed by atoms with Gasteiger partial charge in [0.15, 0.2) is 23.0 Å². The molecule has 6 nitrogen and oxygen atoms in total. The third kappa shape index (κ3) is 3.93. The molecule has 0 unspecified atom stereocenters. The van der Waals surface area contributed by atoms with Gasteiger partial charge in [0.1, 0.15) is 0 Å². The molecule has 6 heteroatoms. The van der Waals surface area contributed by atoms with Gasteiger partial charge in [0, 0.05) is 12.3 Å². The van der Waals surface area contributed by atoms with Crippen LogP contribution in [-0.4, -0.2) is 31.0 Å². The summed E-state index contributed by atoms with van der Waals surface area (Å²) < 4.78 is 16.4. The van der Waals surface area contributed by atoms with Crippen molar-refractivity contribution in [2.24, 2.45) is 11.8 Å². The van der Waals surface area contributed by atoms with Crippen molar-refractivity contribution < 1.29 is 24.4 Å². The van der Waals surface area contributed by atoms with Crippen LogP contribution in [0.15, 0.2) is 36.4 Å². The first-order valence-corrected chi connectivity index (χ1v) is 8.78. The lowest BCUT2D eigenvalue weighted by atomic mass is 9.82. The molecule has 0 aliphatic carbocycles.